The van der Waals surface area contributed by atoms with Crippen molar-refractivity contribution in [2.75, 3.05) is 34.5 Å². The Hall–Kier alpha value is -5.60. The average Bonchev–Trinajstić information content (AvgIpc) is 3.33. The first-order valence-electron chi connectivity index (χ1n) is 20.5. The van der Waals surface area contributed by atoms with Crippen LogP contribution in [0.15, 0.2) is 121 Å². The standard InChI is InChI=1S/C47H50O17/c1-46(54-4)47(2,55-5)64-37-35(63-46)32(26-48)57-44(53-3)39(37)62-45-38(61-43(52)31-24-16-9-17-25-31)36(60-42(51)30-22-14-8-15-23-30)34(59-41(50)29-20-12-7-13-21-29)33(58-45)27-56-40(49)28-18-10-6-11-19-28/h6-25,32-39,44-45,48H,26-27H2,1-5H3/t32-,33-,34-,35-,36+,37+,38+,39+,44+,45-,46?,47?/m1/s1. The van der Waals surface area contributed by atoms with Gasteiger partial charge in [0, 0.05) is 21.3 Å². The first-order valence-corrected chi connectivity index (χ1v) is 20.5. The number of methoxy groups -OCH3 is 3. The van der Waals surface area contributed by atoms with Crippen LogP contribution in [0.2, 0.25) is 0 Å². The van der Waals surface area contributed by atoms with Crippen LogP contribution in [0.5, 0.6) is 0 Å². The van der Waals surface area contributed by atoms with E-state index < -0.39 is 110 Å². The van der Waals surface area contributed by atoms with Crippen molar-refractivity contribution in [3.63, 3.8) is 0 Å². The van der Waals surface area contributed by atoms with E-state index in [1.807, 2.05) is 0 Å². The monoisotopic (exact) mass is 886 g/mol. The Kier molecular flexibility index (Phi) is 14.9. The van der Waals surface area contributed by atoms with Gasteiger partial charge in [0.1, 0.15) is 37.1 Å². The van der Waals surface area contributed by atoms with E-state index in [4.69, 9.17) is 56.8 Å². The quantitative estimate of drug-likeness (QED) is 0.129. The highest BCUT2D eigenvalue weighted by atomic mass is 16.8. The zero-order valence-corrected chi connectivity index (χ0v) is 35.7. The molecule has 3 saturated heterocycles. The summed E-state index contributed by atoms with van der Waals surface area (Å²) in [4.78, 5) is 55.6. The van der Waals surface area contributed by atoms with Crippen molar-refractivity contribution in [2.45, 2.75) is 86.8 Å². The number of aliphatic hydroxyl groups is 1. The fraction of sp³-hybridized carbons (Fsp3) is 0.404. The van der Waals surface area contributed by atoms with Gasteiger partial charge in [0.15, 0.2) is 30.9 Å². The number of aliphatic hydroxyl groups excluding tert-OH is 1. The van der Waals surface area contributed by atoms with Gasteiger partial charge >= 0.3 is 23.9 Å². The van der Waals surface area contributed by atoms with E-state index in [1.165, 1.54) is 57.7 Å². The number of esters is 4. The molecule has 0 amide bonds. The molecule has 1 N–H and O–H groups in total. The molecule has 0 aromatic heterocycles. The molecule has 340 valence electrons. The number of ether oxygens (including phenoxy) is 12. The highest BCUT2D eigenvalue weighted by Gasteiger charge is 2.64. The highest BCUT2D eigenvalue weighted by molar-refractivity contribution is 5.91. The molecule has 0 saturated carbocycles. The zero-order chi connectivity index (χ0) is 45.4. The van der Waals surface area contributed by atoms with Gasteiger partial charge in [-0.2, -0.15) is 0 Å². The maximum atomic E-state index is 14.1. The number of benzene rings is 4. The van der Waals surface area contributed by atoms with Gasteiger partial charge in [0.25, 0.3) is 0 Å². The summed E-state index contributed by atoms with van der Waals surface area (Å²) in [6.07, 6.45) is -14.3. The summed E-state index contributed by atoms with van der Waals surface area (Å²) < 4.78 is 74.2. The molecule has 4 aromatic rings. The number of hydrogen-bond donors (Lipinski definition) is 1. The summed E-state index contributed by atoms with van der Waals surface area (Å²) >= 11 is 0. The van der Waals surface area contributed by atoms with Gasteiger partial charge in [-0.1, -0.05) is 72.8 Å². The van der Waals surface area contributed by atoms with Crippen molar-refractivity contribution in [3.8, 4) is 0 Å². The number of fused-ring (bicyclic) bond motifs is 1. The summed E-state index contributed by atoms with van der Waals surface area (Å²) in [5, 5.41) is 10.5. The van der Waals surface area contributed by atoms with Crippen LogP contribution in [0.3, 0.4) is 0 Å². The summed E-state index contributed by atoms with van der Waals surface area (Å²) in [5.74, 6) is -6.56. The fourth-order valence-corrected chi connectivity index (χ4v) is 7.63. The molecule has 0 bridgehead atoms. The van der Waals surface area contributed by atoms with Gasteiger partial charge in [-0.15, -0.1) is 0 Å². The maximum absolute atomic E-state index is 14.1. The van der Waals surface area contributed by atoms with Crippen molar-refractivity contribution >= 4 is 23.9 Å². The van der Waals surface area contributed by atoms with E-state index in [1.54, 1.807) is 98.8 Å². The second kappa shape index (κ2) is 20.5. The third-order valence-corrected chi connectivity index (χ3v) is 11.4. The van der Waals surface area contributed by atoms with Crippen LogP contribution in [0.1, 0.15) is 55.3 Å². The lowest BCUT2D eigenvalue weighted by atomic mass is 9.93. The highest BCUT2D eigenvalue weighted by Crippen LogP contribution is 2.45. The topological polar surface area (TPSA) is 199 Å². The van der Waals surface area contributed by atoms with Crippen LogP contribution in [0.25, 0.3) is 0 Å². The van der Waals surface area contributed by atoms with E-state index in [-0.39, 0.29) is 22.3 Å². The molecule has 0 radical (unpaired) electrons. The predicted octanol–water partition coefficient (Wildman–Crippen LogP) is 4.50. The molecule has 3 aliphatic rings. The summed E-state index contributed by atoms with van der Waals surface area (Å²) in [6, 6.07) is 32.0. The molecule has 7 rings (SSSR count). The molecule has 64 heavy (non-hydrogen) atoms. The smallest absolute Gasteiger partial charge is 0.338 e. The number of hydrogen-bond acceptors (Lipinski definition) is 17. The van der Waals surface area contributed by atoms with Crippen LogP contribution in [-0.2, 0) is 56.8 Å². The summed E-state index contributed by atoms with van der Waals surface area (Å²) in [7, 11) is 4.12. The molecule has 17 nitrogen and oxygen atoms in total. The van der Waals surface area contributed by atoms with Crippen molar-refractivity contribution in [3.05, 3.63) is 144 Å². The van der Waals surface area contributed by atoms with Crippen LogP contribution < -0.4 is 0 Å². The van der Waals surface area contributed by atoms with E-state index in [2.05, 4.69) is 0 Å². The summed E-state index contributed by atoms with van der Waals surface area (Å²) in [5.41, 5.74) is 0.533. The van der Waals surface area contributed by atoms with Crippen LogP contribution in [0, 0.1) is 0 Å². The molecule has 12 atom stereocenters. The van der Waals surface area contributed by atoms with Crippen molar-refractivity contribution in [1.82, 2.24) is 0 Å². The lowest BCUT2D eigenvalue weighted by Crippen LogP contribution is -2.74. The molecule has 0 aliphatic carbocycles. The molecule has 4 aromatic carbocycles. The third-order valence-electron chi connectivity index (χ3n) is 11.4. The zero-order valence-electron chi connectivity index (χ0n) is 35.7. The van der Waals surface area contributed by atoms with Crippen molar-refractivity contribution in [2.24, 2.45) is 0 Å². The van der Waals surface area contributed by atoms with E-state index in [9.17, 15) is 24.3 Å². The molecule has 17 heteroatoms. The van der Waals surface area contributed by atoms with Crippen LogP contribution in [0.4, 0.5) is 0 Å². The normalized spacial score (nSPS) is 31.2. The Morgan fingerprint density at radius 3 is 1.36 bits per heavy atom. The minimum Gasteiger partial charge on any atom is -0.459 e. The second-order valence-electron chi connectivity index (χ2n) is 15.2. The van der Waals surface area contributed by atoms with Gasteiger partial charge in [-0.25, -0.2) is 19.2 Å². The Morgan fingerprint density at radius 1 is 0.516 bits per heavy atom. The first-order chi connectivity index (χ1) is 30.9. The fourth-order valence-electron chi connectivity index (χ4n) is 7.63. The van der Waals surface area contributed by atoms with E-state index in [0.29, 0.717) is 0 Å². The largest absolute Gasteiger partial charge is 0.459 e. The number of rotatable bonds is 15. The van der Waals surface area contributed by atoms with Crippen molar-refractivity contribution < 1.29 is 81.1 Å². The Morgan fingerprint density at radius 2 is 0.922 bits per heavy atom. The predicted molar refractivity (Wildman–Crippen MR) is 221 cm³/mol. The maximum Gasteiger partial charge on any atom is 0.338 e. The minimum absolute atomic E-state index is 0.102. The molecular weight excluding hydrogens is 836 g/mol. The number of carbonyl (C=O) groups is 4. The van der Waals surface area contributed by atoms with Crippen LogP contribution in [-0.4, -0.2) is 137 Å². The van der Waals surface area contributed by atoms with E-state index >= 15 is 0 Å². The average molecular weight is 887 g/mol. The SMILES string of the molecule is CO[C@H]1O[C@H](CO)[C@H]2OC(C)(OC)C(C)(OC)O[C@@H]2[C@@H]1O[C@H]1O[C@H](COC(=O)c2ccccc2)[C@@H](OC(=O)c2ccccc2)[C@H](OC(=O)c2ccccc2)[C@@H]1OC(=O)c1ccccc1. The molecule has 3 aliphatic heterocycles. The summed E-state index contributed by atoms with van der Waals surface area (Å²) in [6.45, 7) is 2.03. The lowest BCUT2D eigenvalue weighted by Gasteiger charge is -2.57. The van der Waals surface area contributed by atoms with Gasteiger partial charge < -0.3 is 61.9 Å². The Labute approximate surface area is 369 Å². The molecule has 3 fully saturated rings. The van der Waals surface area contributed by atoms with E-state index in [0.717, 1.165) is 0 Å². The lowest BCUT2D eigenvalue weighted by molar-refractivity contribution is -0.486. The number of carbonyl (C=O) groups excluding carboxylic acids is 4. The second-order valence-corrected chi connectivity index (χ2v) is 15.2. The minimum atomic E-state index is -1.76. The van der Waals surface area contributed by atoms with Gasteiger partial charge in [-0.3, -0.25) is 0 Å². The third kappa shape index (κ3) is 9.87. The first kappa shape index (κ1) is 46.4. The molecular formula is C47H50O17. The van der Waals surface area contributed by atoms with Crippen LogP contribution >= 0.6 is 0 Å². The molecule has 2 unspecified atom stereocenters. The van der Waals surface area contributed by atoms with Gasteiger partial charge in [0.05, 0.1) is 28.9 Å². The van der Waals surface area contributed by atoms with Gasteiger partial charge in [-0.05, 0) is 62.4 Å². The molecule has 0 spiro atoms. The Balaban J connectivity index is 1.34. The Bertz CT molecular complexity index is 2180. The van der Waals surface area contributed by atoms with Crippen molar-refractivity contribution in [1.29, 1.82) is 0 Å². The van der Waals surface area contributed by atoms with Gasteiger partial charge in [0.2, 0.25) is 11.6 Å². The molecule has 3 heterocycles.